The molecule has 0 fully saturated rings. The van der Waals surface area contributed by atoms with Crippen molar-refractivity contribution in [2.75, 3.05) is 0 Å². The number of hydrogen-bond donors (Lipinski definition) is 0. The van der Waals surface area contributed by atoms with E-state index in [4.69, 9.17) is 0 Å². The molecule has 0 saturated carbocycles. The molecule has 0 atom stereocenters. The Hall–Kier alpha value is -2.09. The van der Waals surface area contributed by atoms with E-state index in [2.05, 4.69) is 27.8 Å². The van der Waals surface area contributed by atoms with E-state index < -0.39 is 0 Å². The van der Waals surface area contributed by atoms with Gasteiger partial charge < -0.3 is 4.57 Å². The maximum atomic E-state index is 4.37. The highest BCUT2D eigenvalue weighted by Gasteiger charge is 2.01. The summed E-state index contributed by atoms with van der Waals surface area (Å²) in [4.78, 5) is 4.37. The summed E-state index contributed by atoms with van der Waals surface area (Å²) >= 11 is 0. The molecule has 3 rings (SSSR count). The normalized spacial score (nSPS) is 10.7. The van der Waals surface area contributed by atoms with Crippen molar-refractivity contribution in [1.82, 2.24) is 9.55 Å². The first-order chi connectivity index (χ1) is 7.45. The quantitative estimate of drug-likeness (QED) is 0.581. The molecule has 71 valence electrons. The van der Waals surface area contributed by atoms with E-state index in [0.29, 0.717) is 0 Å². The third kappa shape index (κ3) is 1.31. The SMILES string of the molecule is [c]1ccc(-n2ccc3cccnc32)cc1. The molecule has 0 aliphatic carbocycles. The summed E-state index contributed by atoms with van der Waals surface area (Å²) in [5.41, 5.74) is 2.10. The van der Waals surface area contributed by atoms with Crippen molar-refractivity contribution in [3.63, 3.8) is 0 Å². The van der Waals surface area contributed by atoms with Crippen LogP contribution >= 0.6 is 0 Å². The Bertz CT molecular complexity index is 582. The van der Waals surface area contributed by atoms with Crippen LogP contribution in [0.1, 0.15) is 0 Å². The fraction of sp³-hybridized carbons (Fsp3) is 0. The monoisotopic (exact) mass is 193 g/mol. The minimum Gasteiger partial charge on any atom is -0.301 e. The van der Waals surface area contributed by atoms with Crippen LogP contribution in [0.2, 0.25) is 0 Å². The summed E-state index contributed by atoms with van der Waals surface area (Å²) in [5, 5.41) is 1.16. The number of pyridine rings is 1. The van der Waals surface area contributed by atoms with E-state index in [9.17, 15) is 0 Å². The first-order valence-corrected chi connectivity index (χ1v) is 4.84. The second-order valence-electron chi connectivity index (χ2n) is 3.36. The summed E-state index contributed by atoms with van der Waals surface area (Å²) in [7, 11) is 0. The average Bonchev–Trinajstić information content (AvgIpc) is 2.74. The van der Waals surface area contributed by atoms with Crippen molar-refractivity contribution in [1.29, 1.82) is 0 Å². The summed E-state index contributed by atoms with van der Waals surface area (Å²) < 4.78 is 2.07. The van der Waals surface area contributed by atoms with Crippen LogP contribution in [0.4, 0.5) is 0 Å². The smallest absolute Gasteiger partial charge is 0.144 e. The van der Waals surface area contributed by atoms with Crippen molar-refractivity contribution < 1.29 is 0 Å². The van der Waals surface area contributed by atoms with E-state index in [-0.39, 0.29) is 0 Å². The Morgan fingerprint density at radius 3 is 2.80 bits per heavy atom. The number of fused-ring (bicyclic) bond motifs is 1. The topological polar surface area (TPSA) is 17.8 Å². The Labute approximate surface area is 87.8 Å². The second-order valence-corrected chi connectivity index (χ2v) is 3.36. The van der Waals surface area contributed by atoms with Gasteiger partial charge in [0.15, 0.2) is 0 Å². The summed E-state index contributed by atoms with van der Waals surface area (Å²) in [6.45, 7) is 0. The van der Waals surface area contributed by atoms with E-state index in [1.54, 1.807) is 0 Å². The molecule has 2 nitrogen and oxygen atoms in total. The number of benzene rings is 1. The lowest BCUT2D eigenvalue weighted by Crippen LogP contribution is -1.92. The molecule has 15 heavy (non-hydrogen) atoms. The van der Waals surface area contributed by atoms with Crippen molar-refractivity contribution in [2.24, 2.45) is 0 Å². The van der Waals surface area contributed by atoms with E-state index in [0.717, 1.165) is 16.7 Å². The van der Waals surface area contributed by atoms with Gasteiger partial charge in [0.25, 0.3) is 0 Å². The molecule has 1 aromatic carbocycles. The standard InChI is InChI=1S/C13H9N2/c1-2-6-12(7-3-1)15-10-8-11-5-4-9-14-13(11)15/h2-10H. The molecule has 0 spiro atoms. The summed E-state index contributed by atoms with van der Waals surface area (Å²) in [6, 6.07) is 16.9. The molecular formula is C13H9N2. The number of aromatic nitrogens is 2. The molecule has 0 N–H and O–H groups in total. The van der Waals surface area contributed by atoms with Gasteiger partial charge in [-0.25, -0.2) is 4.98 Å². The van der Waals surface area contributed by atoms with Crippen LogP contribution in [0.3, 0.4) is 0 Å². The Kier molecular flexibility index (Phi) is 1.78. The Morgan fingerprint density at radius 2 is 1.93 bits per heavy atom. The van der Waals surface area contributed by atoms with Gasteiger partial charge >= 0.3 is 0 Å². The van der Waals surface area contributed by atoms with Crippen molar-refractivity contribution in [2.45, 2.75) is 0 Å². The molecular weight excluding hydrogens is 184 g/mol. The average molecular weight is 193 g/mol. The fourth-order valence-corrected chi connectivity index (χ4v) is 1.71. The van der Waals surface area contributed by atoms with Crippen LogP contribution in [0.25, 0.3) is 16.7 Å². The molecule has 0 aliphatic rings. The van der Waals surface area contributed by atoms with Gasteiger partial charge in [-0.05, 0) is 36.4 Å². The second kappa shape index (κ2) is 3.24. The van der Waals surface area contributed by atoms with Gasteiger partial charge in [-0.1, -0.05) is 12.1 Å². The molecule has 0 aliphatic heterocycles. The lowest BCUT2D eigenvalue weighted by molar-refractivity contribution is 1.09. The summed E-state index contributed by atoms with van der Waals surface area (Å²) in [5.74, 6) is 0. The first kappa shape index (κ1) is 8.24. The molecule has 0 unspecified atom stereocenters. The lowest BCUT2D eigenvalue weighted by atomic mass is 10.3. The lowest BCUT2D eigenvalue weighted by Gasteiger charge is -2.03. The van der Waals surface area contributed by atoms with Gasteiger partial charge in [-0.2, -0.15) is 0 Å². The van der Waals surface area contributed by atoms with E-state index in [1.807, 2.05) is 42.7 Å². The van der Waals surface area contributed by atoms with Crippen LogP contribution < -0.4 is 0 Å². The highest BCUT2D eigenvalue weighted by molar-refractivity contribution is 5.77. The number of nitrogens with zero attached hydrogens (tertiary/aromatic N) is 2. The zero-order valence-corrected chi connectivity index (χ0v) is 8.09. The molecule has 3 aromatic rings. The molecule has 0 amide bonds. The van der Waals surface area contributed by atoms with Gasteiger partial charge in [-0.3, -0.25) is 0 Å². The first-order valence-electron chi connectivity index (χ1n) is 4.84. The largest absolute Gasteiger partial charge is 0.301 e. The maximum absolute atomic E-state index is 4.37. The summed E-state index contributed by atoms with van der Waals surface area (Å²) in [6.07, 6.45) is 3.85. The predicted octanol–water partition coefficient (Wildman–Crippen LogP) is 2.83. The zero-order chi connectivity index (χ0) is 10.1. The van der Waals surface area contributed by atoms with Crippen molar-refractivity contribution in [3.8, 4) is 5.69 Å². The van der Waals surface area contributed by atoms with Crippen molar-refractivity contribution >= 4 is 11.0 Å². The highest BCUT2D eigenvalue weighted by atomic mass is 15.0. The van der Waals surface area contributed by atoms with Gasteiger partial charge in [0.2, 0.25) is 0 Å². The van der Waals surface area contributed by atoms with Gasteiger partial charge in [0.05, 0.1) is 0 Å². The van der Waals surface area contributed by atoms with Crippen LogP contribution in [0.5, 0.6) is 0 Å². The molecule has 0 bridgehead atoms. The molecule has 1 radical (unpaired) electrons. The zero-order valence-electron chi connectivity index (χ0n) is 8.09. The maximum Gasteiger partial charge on any atom is 0.144 e. The predicted molar refractivity (Wildman–Crippen MR) is 59.9 cm³/mol. The van der Waals surface area contributed by atoms with Crippen LogP contribution in [0.15, 0.2) is 54.9 Å². The van der Waals surface area contributed by atoms with E-state index in [1.165, 1.54) is 0 Å². The minimum absolute atomic E-state index is 0.990. The number of rotatable bonds is 1. The third-order valence-electron chi connectivity index (χ3n) is 2.43. The molecule has 2 heteroatoms. The Morgan fingerprint density at radius 1 is 1.07 bits per heavy atom. The minimum atomic E-state index is 0.990. The van der Waals surface area contributed by atoms with Crippen LogP contribution in [-0.4, -0.2) is 9.55 Å². The molecule has 2 heterocycles. The molecule has 0 saturated heterocycles. The van der Waals surface area contributed by atoms with Gasteiger partial charge in [-0.15, -0.1) is 0 Å². The third-order valence-corrected chi connectivity index (χ3v) is 2.43. The Balaban J connectivity index is 2.28. The fourth-order valence-electron chi connectivity index (χ4n) is 1.71. The molecule has 2 aromatic heterocycles. The highest BCUT2D eigenvalue weighted by Crippen LogP contribution is 2.17. The van der Waals surface area contributed by atoms with Crippen LogP contribution in [0, 0.1) is 6.07 Å². The van der Waals surface area contributed by atoms with Crippen molar-refractivity contribution in [3.05, 3.63) is 60.9 Å². The van der Waals surface area contributed by atoms with Gasteiger partial charge in [0.1, 0.15) is 5.65 Å². The number of hydrogen-bond acceptors (Lipinski definition) is 1. The van der Waals surface area contributed by atoms with E-state index >= 15 is 0 Å². The van der Waals surface area contributed by atoms with Crippen LogP contribution in [-0.2, 0) is 0 Å². The van der Waals surface area contributed by atoms with Gasteiger partial charge in [0, 0.05) is 23.5 Å².